The van der Waals surface area contributed by atoms with Crippen molar-refractivity contribution in [1.29, 1.82) is 0 Å². The summed E-state index contributed by atoms with van der Waals surface area (Å²) in [6.45, 7) is 1.61. The molecule has 0 aromatic heterocycles. The maximum atomic E-state index is 13.0. The van der Waals surface area contributed by atoms with Crippen molar-refractivity contribution >= 4 is 33.2 Å². The number of nitrogens with zero attached hydrogens (tertiary/aromatic N) is 1. The Hall–Kier alpha value is -3.11. The number of carbonyl (C=O) groups is 2. The van der Waals surface area contributed by atoms with Gasteiger partial charge in [0.05, 0.1) is 30.7 Å². The van der Waals surface area contributed by atoms with Gasteiger partial charge >= 0.3 is 0 Å². The summed E-state index contributed by atoms with van der Waals surface area (Å²) in [5.74, 6) is -0.0766. The molecule has 0 aliphatic rings. The molecule has 9 nitrogen and oxygen atoms in total. The Bertz CT molecular complexity index is 1050. The molecule has 10 heteroatoms. The van der Waals surface area contributed by atoms with Crippen LogP contribution >= 0.6 is 0 Å². The van der Waals surface area contributed by atoms with Gasteiger partial charge in [-0.2, -0.15) is 0 Å². The normalized spacial score (nSPS) is 12.2. The van der Waals surface area contributed by atoms with Gasteiger partial charge in [0.2, 0.25) is 15.9 Å². The number of carbonyl (C=O) groups excluding carboxylic acids is 2. The van der Waals surface area contributed by atoms with E-state index >= 15 is 0 Å². The highest BCUT2D eigenvalue weighted by Gasteiger charge is 2.19. The van der Waals surface area contributed by atoms with Crippen LogP contribution in [0.1, 0.15) is 28.9 Å². The quantitative estimate of drug-likeness (QED) is 0.541. The third kappa shape index (κ3) is 7.26. The van der Waals surface area contributed by atoms with Gasteiger partial charge in [0.15, 0.2) is 0 Å². The largest absolute Gasteiger partial charge is 0.497 e. The fraction of sp³-hybridized carbons (Fsp3) is 0.333. The third-order valence-corrected chi connectivity index (χ3v) is 5.03. The molecule has 2 aromatic carbocycles. The smallest absolute Gasteiger partial charge is 0.253 e. The fourth-order valence-corrected chi connectivity index (χ4v) is 3.61. The molecule has 0 fully saturated rings. The first-order valence-corrected chi connectivity index (χ1v) is 11.4. The van der Waals surface area contributed by atoms with Gasteiger partial charge in [0.1, 0.15) is 5.75 Å². The lowest BCUT2D eigenvalue weighted by Crippen LogP contribution is -2.35. The number of anilines is 2. The molecule has 2 amide bonds. The van der Waals surface area contributed by atoms with Crippen molar-refractivity contribution in [2.24, 2.45) is 0 Å². The minimum absolute atomic E-state index is 0.0971. The highest BCUT2D eigenvalue weighted by molar-refractivity contribution is 7.92. The van der Waals surface area contributed by atoms with Crippen LogP contribution in [0.15, 0.2) is 42.5 Å². The van der Waals surface area contributed by atoms with Crippen molar-refractivity contribution in [2.75, 3.05) is 44.0 Å². The monoisotopic (exact) mass is 448 g/mol. The van der Waals surface area contributed by atoms with E-state index in [-0.39, 0.29) is 29.7 Å². The van der Waals surface area contributed by atoms with E-state index in [0.29, 0.717) is 11.4 Å². The van der Waals surface area contributed by atoms with Gasteiger partial charge in [0, 0.05) is 19.2 Å². The van der Waals surface area contributed by atoms with Crippen molar-refractivity contribution in [3.05, 3.63) is 53.6 Å². The summed E-state index contributed by atoms with van der Waals surface area (Å²) in [5.41, 5.74) is 1.55. The lowest BCUT2D eigenvalue weighted by atomic mass is 10.0. The van der Waals surface area contributed by atoms with E-state index in [9.17, 15) is 18.0 Å². The predicted molar refractivity (Wildman–Crippen MR) is 121 cm³/mol. The summed E-state index contributed by atoms with van der Waals surface area (Å²) in [6, 6.07) is 11.8. The number of nitrogens with one attached hydrogen (secondary N) is 3. The molecule has 0 spiro atoms. The minimum Gasteiger partial charge on any atom is -0.497 e. The molecular formula is C21H28N4O5S. The molecule has 0 bridgehead atoms. The lowest BCUT2D eigenvalue weighted by Gasteiger charge is -2.25. The summed E-state index contributed by atoms with van der Waals surface area (Å²) in [7, 11) is 1.77. The summed E-state index contributed by atoms with van der Waals surface area (Å²) < 4.78 is 31.0. The molecule has 1 unspecified atom stereocenters. The van der Waals surface area contributed by atoms with Crippen LogP contribution < -0.4 is 20.1 Å². The van der Waals surface area contributed by atoms with Gasteiger partial charge in [0.25, 0.3) is 5.91 Å². The Labute approximate surface area is 182 Å². The second-order valence-electron chi connectivity index (χ2n) is 7.28. The van der Waals surface area contributed by atoms with Crippen molar-refractivity contribution in [2.45, 2.75) is 13.0 Å². The van der Waals surface area contributed by atoms with E-state index in [1.54, 1.807) is 7.11 Å². The first-order chi connectivity index (χ1) is 14.5. The van der Waals surface area contributed by atoms with Crippen molar-refractivity contribution in [3.8, 4) is 5.75 Å². The zero-order valence-corrected chi connectivity index (χ0v) is 19.0. The van der Waals surface area contributed by atoms with E-state index in [0.717, 1.165) is 11.8 Å². The number of sulfonamides is 1. The van der Waals surface area contributed by atoms with Crippen LogP contribution in [0.2, 0.25) is 0 Å². The Morgan fingerprint density at radius 3 is 2.42 bits per heavy atom. The number of methoxy groups -OCH3 is 1. The Kier molecular flexibility index (Phi) is 8.01. The molecule has 3 N–H and O–H groups in total. The van der Waals surface area contributed by atoms with E-state index in [2.05, 4.69) is 15.4 Å². The number of hydrogen-bond donors (Lipinski definition) is 3. The van der Waals surface area contributed by atoms with Crippen LogP contribution in [0, 0.1) is 0 Å². The molecular weight excluding hydrogens is 420 g/mol. The first kappa shape index (κ1) is 24.2. The average Bonchev–Trinajstić information content (AvgIpc) is 2.67. The standard InChI is InChI=1S/C21H28N4O5S/c1-14(26)23-16-9-10-19(24-31(5,28)29)18(12-16)21(27)22-13-20(25(2)3)15-7-6-8-17(11-15)30-4/h6-12,20,24H,13H2,1-5H3,(H,22,27)(H,23,26). The number of likely N-dealkylation sites (N-methyl/N-ethyl adjacent to an activating group) is 1. The van der Waals surface area contributed by atoms with Gasteiger partial charge in [-0.05, 0) is 50.0 Å². The second kappa shape index (κ2) is 10.3. The molecule has 2 aromatic rings. The molecule has 0 heterocycles. The molecule has 0 saturated carbocycles. The predicted octanol–water partition coefficient (Wildman–Crippen LogP) is 2.06. The Balaban J connectivity index is 2.29. The van der Waals surface area contributed by atoms with Crippen LogP contribution in [-0.2, 0) is 14.8 Å². The molecule has 31 heavy (non-hydrogen) atoms. The summed E-state index contributed by atoms with van der Waals surface area (Å²) in [6.07, 6.45) is 1.00. The minimum atomic E-state index is -3.60. The Morgan fingerprint density at radius 1 is 1.13 bits per heavy atom. The summed E-state index contributed by atoms with van der Waals surface area (Å²) in [5, 5.41) is 5.45. The van der Waals surface area contributed by atoms with E-state index in [1.807, 2.05) is 43.3 Å². The Morgan fingerprint density at radius 2 is 1.84 bits per heavy atom. The summed E-state index contributed by atoms with van der Waals surface area (Å²) >= 11 is 0. The lowest BCUT2D eigenvalue weighted by molar-refractivity contribution is -0.114. The first-order valence-electron chi connectivity index (χ1n) is 9.48. The van der Waals surface area contributed by atoms with Crippen molar-refractivity contribution in [3.63, 3.8) is 0 Å². The van der Waals surface area contributed by atoms with Gasteiger partial charge in [-0.25, -0.2) is 8.42 Å². The average molecular weight is 449 g/mol. The maximum Gasteiger partial charge on any atom is 0.253 e. The van der Waals surface area contributed by atoms with Crippen LogP contribution in [0.5, 0.6) is 5.75 Å². The van der Waals surface area contributed by atoms with Crippen molar-refractivity contribution < 1.29 is 22.7 Å². The van der Waals surface area contributed by atoms with Gasteiger partial charge in [-0.3, -0.25) is 14.3 Å². The zero-order chi connectivity index (χ0) is 23.2. The SMILES string of the molecule is COc1cccc(C(CNC(=O)c2cc(NC(C)=O)ccc2NS(C)(=O)=O)N(C)C)c1. The van der Waals surface area contributed by atoms with Crippen LogP contribution in [0.25, 0.3) is 0 Å². The van der Waals surface area contributed by atoms with Crippen LogP contribution in [0.4, 0.5) is 11.4 Å². The number of benzene rings is 2. The van der Waals surface area contributed by atoms with Crippen LogP contribution in [-0.4, -0.2) is 59.1 Å². The molecule has 0 radical (unpaired) electrons. The number of rotatable bonds is 9. The highest BCUT2D eigenvalue weighted by Crippen LogP contribution is 2.24. The molecule has 0 saturated heterocycles. The molecule has 0 aliphatic carbocycles. The number of amides is 2. The molecule has 168 valence electrons. The molecule has 0 aliphatic heterocycles. The molecule has 1 atom stereocenters. The molecule has 2 rings (SSSR count). The van der Waals surface area contributed by atoms with Crippen molar-refractivity contribution in [1.82, 2.24) is 10.2 Å². The van der Waals surface area contributed by atoms with Gasteiger partial charge < -0.3 is 20.3 Å². The summed E-state index contributed by atoms with van der Waals surface area (Å²) in [4.78, 5) is 26.3. The van der Waals surface area contributed by atoms with Gasteiger partial charge in [-0.1, -0.05) is 12.1 Å². The van der Waals surface area contributed by atoms with E-state index < -0.39 is 15.9 Å². The van der Waals surface area contributed by atoms with Gasteiger partial charge in [-0.15, -0.1) is 0 Å². The topological polar surface area (TPSA) is 117 Å². The fourth-order valence-electron chi connectivity index (χ4n) is 3.03. The highest BCUT2D eigenvalue weighted by atomic mass is 32.2. The van der Waals surface area contributed by atoms with E-state index in [1.165, 1.54) is 25.1 Å². The second-order valence-corrected chi connectivity index (χ2v) is 9.03. The van der Waals surface area contributed by atoms with Crippen LogP contribution in [0.3, 0.4) is 0 Å². The maximum absolute atomic E-state index is 13.0. The number of hydrogen-bond acceptors (Lipinski definition) is 6. The zero-order valence-electron chi connectivity index (χ0n) is 18.2. The van der Waals surface area contributed by atoms with E-state index in [4.69, 9.17) is 4.74 Å². The third-order valence-electron chi connectivity index (χ3n) is 4.44. The number of ether oxygens (including phenoxy) is 1.